The first kappa shape index (κ1) is 13.0. The SMILES string of the molecule is N#CC[C@H](Cc1ccc(O)cc1)c1ccc(O)cc1. The summed E-state index contributed by atoms with van der Waals surface area (Å²) >= 11 is 0. The third-order valence-corrected chi connectivity index (χ3v) is 3.12. The van der Waals surface area contributed by atoms with Crippen LogP contribution in [0.4, 0.5) is 0 Å². The minimum atomic E-state index is 0.0927. The van der Waals surface area contributed by atoms with E-state index in [4.69, 9.17) is 5.26 Å². The van der Waals surface area contributed by atoms with Gasteiger partial charge in [-0.25, -0.2) is 0 Å². The highest BCUT2D eigenvalue weighted by molar-refractivity contribution is 5.32. The van der Waals surface area contributed by atoms with Gasteiger partial charge in [0.2, 0.25) is 0 Å². The summed E-state index contributed by atoms with van der Waals surface area (Å²) in [6, 6.07) is 16.2. The van der Waals surface area contributed by atoms with Gasteiger partial charge in [-0.2, -0.15) is 5.26 Å². The van der Waals surface area contributed by atoms with Crippen LogP contribution in [0, 0.1) is 11.3 Å². The molecule has 0 radical (unpaired) electrons. The number of phenolic OH excluding ortho intramolecular Hbond substituents is 2. The van der Waals surface area contributed by atoms with Crippen LogP contribution in [-0.4, -0.2) is 10.2 Å². The Kier molecular flexibility index (Phi) is 4.04. The van der Waals surface area contributed by atoms with Crippen molar-refractivity contribution in [1.29, 1.82) is 5.26 Å². The lowest BCUT2D eigenvalue weighted by atomic mass is 9.90. The van der Waals surface area contributed by atoms with E-state index in [1.54, 1.807) is 24.3 Å². The molecule has 19 heavy (non-hydrogen) atoms. The number of rotatable bonds is 4. The fraction of sp³-hybridized carbons (Fsp3) is 0.188. The highest BCUT2D eigenvalue weighted by atomic mass is 16.3. The third kappa shape index (κ3) is 3.49. The van der Waals surface area contributed by atoms with Crippen LogP contribution in [0.25, 0.3) is 0 Å². The van der Waals surface area contributed by atoms with Crippen LogP contribution < -0.4 is 0 Å². The second-order valence-corrected chi connectivity index (χ2v) is 4.52. The fourth-order valence-electron chi connectivity index (χ4n) is 2.08. The predicted octanol–water partition coefficient (Wildman–Crippen LogP) is 3.34. The molecule has 0 aliphatic carbocycles. The van der Waals surface area contributed by atoms with Crippen LogP contribution in [0.5, 0.6) is 11.5 Å². The smallest absolute Gasteiger partial charge is 0.115 e. The van der Waals surface area contributed by atoms with Crippen LogP contribution >= 0.6 is 0 Å². The molecule has 1 atom stereocenters. The van der Waals surface area contributed by atoms with Gasteiger partial charge in [0.15, 0.2) is 0 Å². The summed E-state index contributed by atoms with van der Waals surface area (Å²) in [4.78, 5) is 0. The highest BCUT2D eigenvalue weighted by Gasteiger charge is 2.12. The molecule has 0 saturated heterocycles. The Morgan fingerprint density at radius 3 is 1.95 bits per heavy atom. The largest absolute Gasteiger partial charge is 0.508 e. The van der Waals surface area contributed by atoms with Crippen molar-refractivity contribution in [3.8, 4) is 17.6 Å². The molecule has 0 aliphatic rings. The van der Waals surface area contributed by atoms with Gasteiger partial charge >= 0.3 is 0 Å². The average Bonchev–Trinajstić information content (AvgIpc) is 2.42. The average molecular weight is 253 g/mol. The van der Waals surface area contributed by atoms with Crippen molar-refractivity contribution in [2.75, 3.05) is 0 Å². The summed E-state index contributed by atoms with van der Waals surface area (Å²) in [5, 5.41) is 27.5. The van der Waals surface area contributed by atoms with E-state index >= 15 is 0 Å². The number of phenols is 2. The molecule has 0 saturated carbocycles. The third-order valence-electron chi connectivity index (χ3n) is 3.12. The number of nitrogens with zero attached hydrogens (tertiary/aromatic N) is 1. The van der Waals surface area contributed by atoms with Gasteiger partial charge in [-0.15, -0.1) is 0 Å². The van der Waals surface area contributed by atoms with E-state index in [2.05, 4.69) is 6.07 Å². The van der Waals surface area contributed by atoms with Crippen molar-refractivity contribution in [2.24, 2.45) is 0 Å². The number of nitriles is 1. The number of hydrogen-bond donors (Lipinski definition) is 2. The van der Waals surface area contributed by atoms with Gasteiger partial charge in [0.05, 0.1) is 6.07 Å². The van der Waals surface area contributed by atoms with Crippen molar-refractivity contribution < 1.29 is 10.2 Å². The van der Waals surface area contributed by atoms with Crippen LogP contribution in [0.3, 0.4) is 0 Å². The van der Waals surface area contributed by atoms with E-state index in [1.807, 2.05) is 24.3 Å². The van der Waals surface area contributed by atoms with Gasteiger partial charge in [0.1, 0.15) is 11.5 Å². The zero-order valence-corrected chi connectivity index (χ0v) is 10.5. The second-order valence-electron chi connectivity index (χ2n) is 4.52. The molecule has 2 aromatic rings. The van der Waals surface area contributed by atoms with Gasteiger partial charge < -0.3 is 10.2 Å². The molecule has 96 valence electrons. The first-order valence-corrected chi connectivity index (χ1v) is 6.13. The highest BCUT2D eigenvalue weighted by Crippen LogP contribution is 2.26. The second kappa shape index (κ2) is 5.92. The monoisotopic (exact) mass is 253 g/mol. The Hall–Kier alpha value is -2.47. The number of hydrogen-bond acceptors (Lipinski definition) is 3. The van der Waals surface area contributed by atoms with Crippen LogP contribution in [-0.2, 0) is 6.42 Å². The molecule has 3 heteroatoms. The van der Waals surface area contributed by atoms with Gasteiger partial charge in [-0.3, -0.25) is 0 Å². The Morgan fingerprint density at radius 2 is 1.42 bits per heavy atom. The summed E-state index contributed by atoms with van der Waals surface area (Å²) in [7, 11) is 0. The summed E-state index contributed by atoms with van der Waals surface area (Å²) in [5.41, 5.74) is 2.11. The molecule has 3 nitrogen and oxygen atoms in total. The lowest BCUT2D eigenvalue weighted by molar-refractivity contribution is 0.474. The Labute approximate surface area is 112 Å². The molecule has 0 spiro atoms. The minimum absolute atomic E-state index is 0.0927. The van der Waals surface area contributed by atoms with Crippen LogP contribution in [0.15, 0.2) is 48.5 Å². The van der Waals surface area contributed by atoms with Crippen molar-refractivity contribution in [3.05, 3.63) is 59.7 Å². The molecule has 0 aliphatic heterocycles. The number of benzene rings is 2. The first-order chi connectivity index (χ1) is 9.19. The minimum Gasteiger partial charge on any atom is -0.508 e. The fourth-order valence-corrected chi connectivity index (χ4v) is 2.08. The van der Waals surface area contributed by atoms with E-state index in [-0.39, 0.29) is 17.4 Å². The maximum atomic E-state index is 9.30. The zero-order chi connectivity index (χ0) is 13.7. The summed E-state index contributed by atoms with van der Waals surface area (Å²) in [6.45, 7) is 0. The molecule has 2 aromatic carbocycles. The van der Waals surface area contributed by atoms with E-state index in [9.17, 15) is 10.2 Å². The van der Waals surface area contributed by atoms with Gasteiger partial charge in [0.25, 0.3) is 0 Å². The molecule has 2 rings (SSSR count). The van der Waals surface area contributed by atoms with Gasteiger partial charge in [-0.05, 0) is 41.8 Å². The maximum absolute atomic E-state index is 9.30. The van der Waals surface area contributed by atoms with E-state index in [1.165, 1.54) is 0 Å². The summed E-state index contributed by atoms with van der Waals surface area (Å²) in [5.74, 6) is 0.560. The summed E-state index contributed by atoms with van der Waals surface area (Å²) < 4.78 is 0. The lowest BCUT2D eigenvalue weighted by Gasteiger charge is -2.14. The predicted molar refractivity (Wildman–Crippen MR) is 72.9 cm³/mol. The molecule has 2 N–H and O–H groups in total. The molecule has 0 unspecified atom stereocenters. The van der Waals surface area contributed by atoms with Crippen LogP contribution in [0.1, 0.15) is 23.5 Å². The maximum Gasteiger partial charge on any atom is 0.115 e. The quantitative estimate of drug-likeness (QED) is 0.878. The number of aromatic hydroxyl groups is 2. The van der Waals surface area contributed by atoms with Crippen molar-refractivity contribution in [1.82, 2.24) is 0 Å². The van der Waals surface area contributed by atoms with E-state index < -0.39 is 0 Å². The normalized spacial score (nSPS) is 11.7. The topological polar surface area (TPSA) is 64.2 Å². The molecular weight excluding hydrogens is 238 g/mol. The lowest BCUT2D eigenvalue weighted by Crippen LogP contribution is -2.02. The Balaban J connectivity index is 2.18. The summed E-state index contributed by atoms with van der Waals surface area (Å²) in [6.07, 6.45) is 1.16. The van der Waals surface area contributed by atoms with E-state index in [0.717, 1.165) is 17.5 Å². The molecule has 0 amide bonds. The molecule has 0 aromatic heterocycles. The molecule has 0 heterocycles. The molecular formula is C16H15NO2. The van der Waals surface area contributed by atoms with Crippen LogP contribution in [0.2, 0.25) is 0 Å². The molecule has 0 fully saturated rings. The zero-order valence-electron chi connectivity index (χ0n) is 10.5. The van der Waals surface area contributed by atoms with Crippen molar-refractivity contribution >= 4 is 0 Å². The van der Waals surface area contributed by atoms with Crippen molar-refractivity contribution in [2.45, 2.75) is 18.8 Å². The van der Waals surface area contributed by atoms with Gasteiger partial charge in [0, 0.05) is 12.3 Å². The molecule has 0 bridgehead atoms. The Morgan fingerprint density at radius 1 is 0.895 bits per heavy atom. The van der Waals surface area contributed by atoms with Crippen molar-refractivity contribution in [3.63, 3.8) is 0 Å². The Bertz CT molecular complexity index is 567. The first-order valence-electron chi connectivity index (χ1n) is 6.13. The van der Waals surface area contributed by atoms with Gasteiger partial charge in [-0.1, -0.05) is 24.3 Å². The van der Waals surface area contributed by atoms with E-state index in [0.29, 0.717) is 6.42 Å². The standard InChI is InChI=1S/C16H15NO2/c17-10-9-14(13-3-7-16(19)8-4-13)11-12-1-5-15(18)6-2-12/h1-8,14,18-19H,9,11H2/t14-/m1/s1.